The first-order valence-corrected chi connectivity index (χ1v) is 9.33. The first-order valence-electron chi connectivity index (χ1n) is 8.20. The van der Waals surface area contributed by atoms with Crippen molar-refractivity contribution in [2.24, 2.45) is 0 Å². The molecular formula is C20H15Cl3N2O2. The number of ketones is 1. The van der Waals surface area contributed by atoms with E-state index in [0.29, 0.717) is 28.3 Å². The van der Waals surface area contributed by atoms with Gasteiger partial charge in [0.15, 0.2) is 5.78 Å². The average Bonchev–Trinajstić information content (AvgIpc) is 2.61. The van der Waals surface area contributed by atoms with Crippen molar-refractivity contribution in [2.45, 2.75) is 20.4 Å². The number of nitrogens with zero attached hydrogens (tertiary/aromatic N) is 2. The SMILES string of the molecule is CCn1nccc(-c2cc(C(=O)c3c(Cl)cc(Cl)cc3Cl)ccc2C)c1=O. The van der Waals surface area contributed by atoms with Crippen LogP contribution in [0.1, 0.15) is 28.4 Å². The molecule has 7 heteroatoms. The van der Waals surface area contributed by atoms with Crippen molar-refractivity contribution in [3.63, 3.8) is 0 Å². The average molecular weight is 422 g/mol. The van der Waals surface area contributed by atoms with Gasteiger partial charge in [0.2, 0.25) is 0 Å². The zero-order valence-electron chi connectivity index (χ0n) is 14.6. The maximum Gasteiger partial charge on any atom is 0.274 e. The molecule has 27 heavy (non-hydrogen) atoms. The zero-order valence-corrected chi connectivity index (χ0v) is 16.9. The third-order valence-electron chi connectivity index (χ3n) is 4.24. The van der Waals surface area contributed by atoms with Crippen molar-refractivity contribution in [2.75, 3.05) is 0 Å². The van der Waals surface area contributed by atoms with Gasteiger partial charge in [-0.3, -0.25) is 9.59 Å². The van der Waals surface area contributed by atoms with Crippen molar-refractivity contribution in [1.82, 2.24) is 9.78 Å². The molecule has 0 aliphatic rings. The van der Waals surface area contributed by atoms with E-state index in [0.717, 1.165) is 5.56 Å². The number of hydrogen-bond donors (Lipinski definition) is 0. The van der Waals surface area contributed by atoms with Crippen LogP contribution < -0.4 is 5.56 Å². The Balaban J connectivity index is 2.15. The summed E-state index contributed by atoms with van der Waals surface area (Å²) >= 11 is 18.3. The normalized spacial score (nSPS) is 10.9. The Morgan fingerprint density at radius 3 is 2.33 bits per heavy atom. The fourth-order valence-corrected chi connectivity index (χ4v) is 3.83. The van der Waals surface area contributed by atoms with Crippen LogP contribution in [0.4, 0.5) is 0 Å². The molecule has 4 nitrogen and oxygen atoms in total. The van der Waals surface area contributed by atoms with Crippen molar-refractivity contribution in [1.29, 1.82) is 0 Å². The second-order valence-electron chi connectivity index (χ2n) is 5.97. The van der Waals surface area contributed by atoms with Crippen LogP contribution in [0.3, 0.4) is 0 Å². The second-order valence-corrected chi connectivity index (χ2v) is 7.22. The molecule has 3 rings (SSSR count). The Morgan fingerprint density at radius 1 is 1.04 bits per heavy atom. The fraction of sp³-hybridized carbons (Fsp3) is 0.150. The van der Waals surface area contributed by atoms with Crippen LogP contribution in [0.15, 0.2) is 47.4 Å². The molecule has 0 aliphatic carbocycles. The molecule has 0 saturated carbocycles. The smallest absolute Gasteiger partial charge is 0.274 e. The van der Waals surface area contributed by atoms with Crippen LogP contribution >= 0.6 is 34.8 Å². The molecule has 0 N–H and O–H groups in total. The maximum atomic E-state index is 13.0. The van der Waals surface area contributed by atoms with Gasteiger partial charge in [-0.25, -0.2) is 4.68 Å². The van der Waals surface area contributed by atoms with Gasteiger partial charge in [-0.15, -0.1) is 0 Å². The minimum absolute atomic E-state index is 0.178. The van der Waals surface area contributed by atoms with Gasteiger partial charge in [0.05, 0.1) is 21.2 Å². The van der Waals surface area contributed by atoms with Crippen LogP contribution in [0.2, 0.25) is 15.1 Å². The number of carbonyl (C=O) groups is 1. The van der Waals surface area contributed by atoms with Gasteiger partial charge in [-0.2, -0.15) is 5.10 Å². The summed E-state index contributed by atoms with van der Waals surface area (Å²) in [5, 5.41) is 4.74. The number of rotatable bonds is 4. The summed E-state index contributed by atoms with van der Waals surface area (Å²) in [4.78, 5) is 25.6. The number of halogens is 3. The number of aromatic nitrogens is 2. The van der Waals surface area contributed by atoms with E-state index in [4.69, 9.17) is 34.8 Å². The molecule has 0 bridgehead atoms. The lowest BCUT2D eigenvalue weighted by atomic mass is 9.95. The van der Waals surface area contributed by atoms with Gasteiger partial charge in [-0.1, -0.05) is 46.9 Å². The van der Waals surface area contributed by atoms with Gasteiger partial charge < -0.3 is 0 Å². The highest BCUT2D eigenvalue weighted by Crippen LogP contribution is 2.32. The third kappa shape index (κ3) is 3.79. The Kier molecular flexibility index (Phi) is 5.70. The standard InChI is InChI=1S/C20H15Cl3N2O2/c1-3-25-20(27)14(6-7-24-25)15-8-12(5-4-11(15)2)19(26)18-16(22)9-13(21)10-17(18)23/h4-10H,3H2,1-2H3. The van der Waals surface area contributed by atoms with Crippen LogP contribution in [0.25, 0.3) is 11.1 Å². The Labute approximate surface area is 171 Å². The predicted molar refractivity (Wildman–Crippen MR) is 109 cm³/mol. The van der Waals surface area contributed by atoms with Crippen LogP contribution in [-0.4, -0.2) is 15.6 Å². The van der Waals surface area contributed by atoms with Crippen molar-refractivity contribution >= 4 is 40.6 Å². The zero-order chi connectivity index (χ0) is 19.7. The number of hydrogen-bond acceptors (Lipinski definition) is 3. The molecule has 0 saturated heterocycles. The molecule has 2 aromatic carbocycles. The highest BCUT2D eigenvalue weighted by molar-refractivity contribution is 6.43. The highest BCUT2D eigenvalue weighted by Gasteiger charge is 2.19. The molecule has 0 spiro atoms. The molecule has 0 unspecified atom stereocenters. The van der Waals surface area contributed by atoms with E-state index in [2.05, 4.69) is 5.10 Å². The quantitative estimate of drug-likeness (QED) is 0.528. The lowest BCUT2D eigenvalue weighted by Gasteiger charge is -2.11. The Morgan fingerprint density at radius 2 is 1.70 bits per heavy atom. The van der Waals surface area contributed by atoms with E-state index < -0.39 is 0 Å². The summed E-state index contributed by atoms with van der Waals surface area (Å²) in [6, 6.07) is 9.74. The van der Waals surface area contributed by atoms with Gasteiger partial charge in [0.1, 0.15) is 0 Å². The second kappa shape index (κ2) is 7.85. The Bertz CT molecular complexity index is 1080. The third-order valence-corrected chi connectivity index (χ3v) is 5.05. The molecule has 0 aliphatic heterocycles. The number of benzene rings is 2. The largest absolute Gasteiger partial charge is 0.288 e. The van der Waals surface area contributed by atoms with Crippen molar-refractivity contribution in [3.8, 4) is 11.1 Å². The number of carbonyl (C=O) groups excluding carboxylic acids is 1. The molecule has 0 radical (unpaired) electrons. The summed E-state index contributed by atoms with van der Waals surface area (Å²) in [5.74, 6) is -0.340. The molecule has 3 aromatic rings. The monoisotopic (exact) mass is 420 g/mol. The van der Waals surface area contributed by atoms with E-state index in [1.807, 2.05) is 13.8 Å². The number of aryl methyl sites for hydroxylation is 2. The minimum Gasteiger partial charge on any atom is -0.288 e. The van der Waals surface area contributed by atoms with E-state index in [1.165, 1.54) is 16.8 Å². The summed E-state index contributed by atoms with van der Waals surface area (Å²) in [6.07, 6.45) is 1.57. The van der Waals surface area contributed by atoms with Gasteiger partial charge in [0, 0.05) is 23.3 Å². The molecule has 1 aromatic heterocycles. The molecule has 0 atom stereocenters. The molecular weight excluding hydrogens is 407 g/mol. The molecule has 138 valence electrons. The van der Waals surface area contributed by atoms with Gasteiger partial charge in [0.25, 0.3) is 5.56 Å². The van der Waals surface area contributed by atoms with Crippen LogP contribution in [-0.2, 0) is 6.54 Å². The van der Waals surface area contributed by atoms with E-state index in [-0.39, 0.29) is 27.0 Å². The Hall–Kier alpha value is -2.14. The summed E-state index contributed by atoms with van der Waals surface area (Å²) < 4.78 is 1.37. The van der Waals surface area contributed by atoms with Crippen molar-refractivity contribution in [3.05, 3.63) is 84.7 Å². The fourth-order valence-electron chi connectivity index (χ4n) is 2.84. The van der Waals surface area contributed by atoms with Crippen LogP contribution in [0, 0.1) is 6.92 Å². The lowest BCUT2D eigenvalue weighted by molar-refractivity contribution is 0.103. The maximum absolute atomic E-state index is 13.0. The predicted octanol–water partition coefficient (Wildman–Crippen LogP) is 5.43. The molecule has 0 amide bonds. The molecule has 1 heterocycles. The van der Waals surface area contributed by atoms with E-state index in [9.17, 15) is 9.59 Å². The minimum atomic E-state index is -0.340. The summed E-state index contributed by atoms with van der Waals surface area (Å²) in [7, 11) is 0. The topological polar surface area (TPSA) is 52.0 Å². The molecule has 0 fully saturated rings. The highest BCUT2D eigenvalue weighted by atomic mass is 35.5. The van der Waals surface area contributed by atoms with E-state index in [1.54, 1.807) is 30.5 Å². The van der Waals surface area contributed by atoms with Gasteiger partial charge >= 0.3 is 0 Å². The van der Waals surface area contributed by atoms with Crippen LogP contribution in [0.5, 0.6) is 0 Å². The summed E-state index contributed by atoms with van der Waals surface area (Å²) in [6.45, 7) is 4.18. The van der Waals surface area contributed by atoms with Gasteiger partial charge in [-0.05, 0) is 49.2 Å². The first-order chi connectivity index (χ1) is 12.8. The van der Waals surface area contributed by atoms with E-state index >= 15 is 0 Å². The van der Waals surface area contributed by atoms with Crippen molar-refractivity contribution < 1.29 is 4.79 Å². The first kappa shape index (κ1) is 19.6. The summed E-state index contributed by atoms with van der Waals surface area (Å²) in [5.41, 5.74) is 2.35. The lowest BCUT2D eigenvalue weighted by Crippen LogP contribution is -2.23.